The highest BCUT2D eigenvalue weighted by atomic mass is 32.2. The maximum Gasteiger partial charge on any atom is 0.321 e. The summed E-state index contributed by atoms with van der Waals surface area (Å²) in [5.41, 5.74) is 0.494. The minimum Gasteiger partial charge on any atom is -0.452 e. The molecule has 0 heterocycles. The number of esters is 1. The van der Waals surface area contributed by atoms with Crippen LogP contribution in [0.3, 0.4) is 0 Å². The zero-order valence-corrected chi connectivity index (χ0v) is 15.2. The summed E-state index contributed by atoms with van der Waals surface area (Å²) in [4.78, 5) is 23.6. The third kappa shape index (κ3) is 5.64. The van der Waals surface area contributed by atoms with Crippen molar-refractivity contribution in [3.05, 3.63) is 60.2 Å². The number of hydrogen-bond acceptors (Lipinski definition) is 6. The Hall–Kier alpha value is -3.22. The number of hydrogen-bond donors (Lipinski definition) is 2. The van der Waals surface area contributed by atoms with Crippen molar-refractivity contribution < 1.29 is 22.7 Å². The highest BCUT2D eigenvalue weighted by Gasteiger charge is 2.22. The fourth-order valence-electron chi connectivity index (χ4n) is 2.08. The quantitative estimate of drug-likeness (QED) is 0.692. The smallest absolute Gasteiger partial charge is 0.321 e. The van der Waals surface area contributed by atoms with Crippen LogP contribution in [0, 0.1) is 11.3 Å². The lowest BCUT2D eigenvalue weighted by Crippen LogP contribution is -2.36. The summed E-state index contributed by atoms with van der Waals surface area (Å²) in [6.45, 7) is 0.695. The van der Waals surface area contributed by atoms with Crippen LogP contribution in [0.2, 0.25) is 0 Å². The molecule has 27 heavy (non-hydrogen) atoms. The molecule has 9 heteroatoms. The monoisotopic (exact) mass is 387 g/mol. The Morgan fingerprint density at radius 2 is 1.74 bits per heavy atom. The molecular weight excluding hydrogens is 370 g/mol. The predicted molar refractivity (Wildman–Crippen MR) is 97.0 cm³/mol. The largest absolute Gasteiger partial charge is 0.452 e. The van der Waals surface area contributed by atoms with Gasteiger partial charge in [-0.25, -0.2) is 8.42 Å². The normalized spacial score (nSPS) is 11.9. The Balaban J connectivity index is 1.91. The second-order valence-electron chi connectivity index (χ2n) is 5.42. The second kappa shape index (κ2) is 8.93. The third-order valence-electron chi connectivity index (χ3n) is 3.42. The lowest BCUT2D eigenvalue weighted by Gasteiger charge is -2.14. The number of para-hydroxylation sites is 1. The van der Waals surface area contributed by atoms with Crippen molar-refractivity contribution in [1.82, 2.24) is 4.72 Å². The summed E-state index contributed by atoms with van der Waals surface area (Å²) in [5.74, 6) is -1.48. The number of sulfonamides is 1. The molecule has 0 unspecified atom stereocenters. The molecule has 0 bridgehead atoms. The molecular formula is C18H17N3O5S. The fraction of sp³-hybridized carbons (Fsp3) is 0.167. The molecule has 0 spiro atoms. The van der Waals surface area contributed by atoms with Gasteiger partial charge in [0.15, 0.2) is 6.10 Å². The van der Waals surface area contributed by atoms with Crippen molar-refractivity contribution >= 4 is 27.6 Å². The molecule has 1 amide bonds. The van der Waals surface area contributed by atoms with Gasteiger partial charge in [-0.05, 0) is 31.2 Å². The number of rotatable bonds is 7. The molecule has 0 saturated carbocycles. The van der Waals surface area contributed by atoms with Crippen LogP contribution in [0.5, 0.6) is 0 Å². The SMILES string of the molecule is C[C@@H](OC(=O)CNS(=O)(=O)c1ccccc1C#N)C(=O)Nc1ccccc1. The Bertz CT molecular complexity index is 968. The predicted octanol–water partition coefficient (Wildman–Crippen LogP) is 1.41. The van der Waals surface area contributed by atoms with Crippen molar-refractivity contribution in [2.75, 3.05) is 11.9 Å². The van der Waals surface area contributed by atoms with Crippen LogP contribution in [0.25, 0.3) is 0 Å². The Labute approximate surface area is 156 Å². The van der Waals surface area contributed by atoms with E-state index in [1.807, 2.05) is 0 Å². The maximum atomic E-state index is 12.2. The van der Waals surface area contributed by atoms with Crippen LogP contribution >= 0.6 is 0 Å². The molecule has 0 aliphatic heterocycles. The van der Waals surface area contributed by atoms with Gasteiger partial charge in [0.2, 0.25) is 10.0 Å². The van der Waals surface area contributed by atoms with E-state index in [1.54, 1.807) is 36.4 Å². The number of nitrogens with one attached hydrogen (secondary N) is 2. The average molecular weight is 387 g/mol. The number of benzene rings is 2. The zero-order valence-electron chi connectivity index (χ0n) is 14.4. The standard InChI is InChI=1S/C18H17N3O5S/c1-13(18(23)21-15-8-3-2-4-9-15)26-17(22)12-20-27(24,25)16-10-6-5-7-14(16)11-19/h2-10,13,20H,12H2,1H3,(H,21,23)/t13-/m1/s1. The topological polar surface area (TPSA) is 125 Å². The van der Waals surface area contributed by atoms with E-state index in [1.165, 1.54) is 31.2 Å². The third-order valence-corrected chi connectivity index (χ3v) is 4.88. The number of nitrogens with zero attached hydrogens (tertiary/aromatic N) is 1. The average Bonchev–Trinajstić information content (AvgIpc) is 2.67. The van der Waals surface area contributed by atoms with Crippen LogP contribution in [-0.2, 0) is 24.3 Å². The molecule has 0 saturated heterocycles. The summed E-state index contributed by atoms with van der Waals surface area (Å²) in [6, 6.07) is 16.0. The number of amides is 1. The van der Waals surface area contributed by atoms with Crippen molar-refractivity contribution in [3.8, 4) is 6.07 Å². The maximum absolute atomic E-state index is 12.2. The van der Waals surface area contributed by atoms with Crippen LogP contribution in [-0.4, -0.2) is 32.9 Å². The Kier molecular flexibility index (Phi) is 6.65. The zero-order chi connectivity index (χ0) is 19.9. The first-order valence-electron chi connectivity index (χ1n) is 7.87. The van der Waals surface area contributed by atoms with Gasteiger partial charge >= 0.3 is 5.97 Å². The molecule has 8 nitrogen and oxygen atoms in total. The van der Waals surface area contributed by atoms with E-state index in [0.717, 1.165) is 0 Å². The molecule has 0 radical (unpaired) electrons. The second-order valence-corrected chi connectivity index (χ2v) is 7.16. The number of ether oxygens (including phenoxy) is 1. The van der Waals surface area contributed by atoms with E-state index in [0.29, 0.717) is 5.69 Å². The molecule has 0 aliphatic rings. The molecule has 2 N–H and O–H groups in total. The van der Waals surface area contributed by atoms with Crippen LogP contribution in [0.4, 0.5) is 5.69 Å². The van der Waals surface area contributed by atoms with Gasteiger partial charge in [0, 0.05) is 5.69 Å². The van der Waals surface area contributed by atoms with Gasteiger partial charge in [0.05, 0.1) is 10.5 Å². The van der Waals surface area contributed by atoms with E-state index in [2.05, 4.69) is 10.0 Å². The summed E-state index contributed by atoms with van der Waals surface area (Å²) in [6.07, 6.45) is -1.12. The van der Waals surface area contributed by atoms with Crippen molar-refractivity contribution in [2.45, 2.75) is 17.9 Å². The molecule has 0 aliphatic carbocycles. The highest BCUT2D eigenvalue weighted by molar-refractivity contribution is 7.89. The molecule has 2 rings (SSSR count). The van der Waals surface area contributed by atoms with E-state index in [4.69, 9.17) is 10.00 Å². The van der Waals surface area contributed by atoms with Crippen molar-refractivity contribution in [3.63, 3.8) is 0 Å². The van der Waals surface area contributed by atoms with Crippen LogP contribution < -0.4 is 10.0 Å². The van der Waals surface area contributed by atoms with Gasteiger partial charge in [0.25, 0.3) is 5.91 Å². The summed E-state index contributed by atoms with van der Waals surface area (Å²) >= 11 is 0. The molecule has 0 aromatic heterocycles. The molecule has 1 atom stereocenters. The minimum atomic E-state index is -4.08. The summed E-state index contributed by atoms with van der Waals surface area (Å²) < 4.78 is 31.4. The number of anilines is 1. The first kappa shape index (κ1) is 20.1. The lowest BCUT2D eigenvalue weighted by atomic mass is 10.2. The summed E-state index contributed by atoms with van der Waals surface area (Å²) in [5, 5.41) is 11.6. The fourth-order valence-corrected chi connectivity index (χ4v) is 3.21. The number of carbonyl (C=O) groups excluding carboxylic acids is 2. The van der Waals surface area contributed by atoms with Crippen LogP contribution in [0.15, 0.2) is 59.5 Å². The lowest BCUT2D eigenvalue weighted by molar-refractivity contribution is -0.151. The van der Waals surface area contributed by atoms with E-state index in [-0.39, 0.29) is 10.5 Å². The van der Waals surface area contributed by atoms with Gasteiger partial charge in [-0.2, -0.15) is 9.98 Å². The Morgan fingerprint density at radius 1 is 1.11 bits per heavy atom. The van der Waals surface area contributed by atoms with Crippen LogP contribution in [0.1, 0.15) is 12.5 Å². The van der Waals surface area contributed by atoms with E-state index in [9.17, 15) is 18.0 Å². The summed E-state index contributed by atoms with van der Waals surface area (Å²) in [7, 11) is -4.08. The van der Waals surface area contributed by atoms with E-state index >= 15 is 0 Å². The number of carbonyl (C=O) groups is 2. The Morgan fingerprint density at radius 3 is 2.41 bits per heavy atom. The van der Waals surface area contributed by atoms with Crippen molar-refractivity contribution in [2.24, 2.45) is 0 Å². The molecule has 0 fully saturated rings. The number of nitriles is 1. The molecule has 2 aromatic rings. The first-order chi connectivity index (χ1) is 12.8. The van der Waals surface area contributed by atoms with E-state index < -0.39 is 34.5 Å². The molecule has 2 aromatic carbocycles. The van der Waals surface area contributed by atoms with Gasteiger partial charge in [-0.15, -0.1) is 0 Å². The highest BCUT2D eigenvalue weighted by Crippen LogP contribution is 2.14. The van der Waals surface area contributed by atoms with Gasteiger partial charge < -0.3 is 10.1 Å². The molecule has 140 valence electrons. The van der Waals surface area contributed by atoms with Gasteiger partial charge in [-0.1, -0.05) is 30.3 Å². The van der Waals surface area contributed by atoms with Gasteiger partial charge in [-0.3, -0.25) is 9.59 Å². The first-order valence-corrected chi connectivity index (χ1v) is 9.36. The van der Waals surface area contributed by atoms with Crippen molar-refractivity contribution in [1.29, 1.82) is 5.26 Å². The van der Waals surface area contributed by atoms with Gasteiger partial charge in [0.1, 0.15) is 12.6 Å². The minimum absolute atomic E-state index is 0.0472.